The summed E-state index contributed by atoms with van der Waals surface area (Å²) in [5.74, 6) is 1.32. The first-order valence-corrected chi connectivity index (χ1v) is 11.7. The second kappa shape index (κ2) is 19.4. The molecule has 0 aromatic carbocycles. The molecule has 1 atom stereocenters. The van der Waals surface area contributed by atoms with E-state index in [9.17, 15) is 0 Å². The summed E-state index contributed by atoms with van der Waals surface area (Å²) in [6, 6.07) is 0. The fraction of sp³-hybridized carbons (Fsp3) is 0.909. The lowest BCUT2D eigenvalue weighted by Crippen LogP contribution is -2.21. The van der Waals surface area contributed by atoms with Crippen LogP contribution in [-0.2, 0) is 0 Å². The van der Waals surface area contributed by atoms with Crippen LogP contribution >= 0.6 is 11.8 Å². The molecule has 0 rings (SSSR count). The van der Waals surface area contributed by atoms with Crippen molar-refractivity contribution in [2.24, 2.45) is 0 Å². The molecular formula is C22H45NS. The van der Waals surface area contributed by atoms with Crippen LogP contribution in [0.3, 0.4) is 0 Å². The molecule has 0 amide bonds. The van der Waals surface area contributed by atoms with Gasteiger partial charge in [0.2, 0.25) is 0 Å². The Balaban J connectivity index is 3.13. The first-order chi connectivity index (χ1) is 11.7. The van der Waals surface area contributed by atoms with Crippen LogP contribution in [0.25, 0.3) is 0 Å². The Morgan fingerprint density at radius 1 is 0.708 bits per heavy atom. The Kier molecular flexibility index (Phi) is 19.4. The summed E-state index contributed by atoms with van der Waals surface area (Å²) < 4.78 is 0. The molecule has 0 spiro atoms. The molecule has 0 heterocycles. The molecule has 0 N–H and O–H groups in total. The van der Waals surface area contributed by atoms with E-state index >= 15 is 0 Å². The Hall–Kier alpha value is 0.0500. The molecule has 0 aliphatic rings. The number of rotatable bonds is 18. The van der Waals surface area contributed by atoms with E-state index in [2.05, 4.69) is 56.8 Å². The lowest BCUT2D eigenvalue weighted by atomic mass is 10.1. The predicted molar refractivity (Wildman–Crippen MR) is 115 cm³/mol. The van der Waals surface area contributed by atoms with Crippen molar-refractivity contribution in [2.45, 2.75) is 109 Å². The van der Waals surface area contributed by atoms with Gasteiger partial charge in [-0.3, -0.25) is 4.90 Å². The SMILES string of the molecule is CCCCCCCCC=CCCCCCCCCSC(C)N(C)C. The summed E-state index contributed by atoms with van der Waals surface area (Å²) in [5, 5.41) is 0.660. The highest BCUT2D eigenvalue weighted by molar-refractivity contribution is 7.99. The molecule has 0 fully saturated rings. The van der Waals surface area contributed by atoms with Crippen molar-refractivity contribution in [2.75, 3.05) is 19.8 Å². The normalized spacial score (nSPS) is 13.2. The molecule has 0 radical (unpaired) electrons. The van der Waals surface area contributed by atoms with Gasteiger partial charge >= 0.3 is 0 Å². The van der Waals surface area contributed by atoms with Gasteiger partial charge in [0, 0.05) is 0 Å². The van der Waals surface area contributed by atoms with Crippen LogP contribution < -0.4 is 0 Å². The lowest BCUT2D eigenvalue weighted by Gasteiger charge is -2.18. The maximum absolute atomic E-state index is 2.42. The van der Waals surface area contributed by atoms with Crippen molar-refractivity contribution in [3.8, 4) is 0 Å². The number of hydrogen-bond acceptors (Lipinski definition) is 2. The van der Waals surface area contributed by atoms with Crippen LogP contribution in [-0.4, -0.2) is 30.1 Å². The maximum atomic E-state index is 2.42. The molecule has 0 aromatic rings. The minimum atomic E-state index is 0.660. The predicted octanol–water partition coefficient (Wildman–Crippen LogP) is 7.66. The monoisotopic (exact) mass is 355 g/mol. The molecule has 0 bridgehead atoms. The highest BCUT2D eigenvalue weighted by Crippen LogP contribution is 2.16. The molecule has 0 saturated heterocycles. The third-order valence-electron chi connectivity index (χ3n) is 4.74. The van der Waals surface area contributed by atoms with E-state index < -0.39 is 0 Å². The topological polar surface area (TPSA) is 3.24 Å². The van der Waals surface area contributed by atoms with Gasteiger partial charge in [-0.05, 0) is 58.9 Å². The van der Waals surface area contributed by atoms with Crippen molar-refractivity contribution in [3.05, 3.63) is 12.2 Å². The Labute approximate surface area is 158 Å². The van der Waals surface area contributed by atoms with Crippen LogP contribution in [0.5, 0.6) is 0 Å². The van der Waals surface area contributed by atoms with Gasteiger partial charge in [-0.15, -0.1) is 11.8 Å². The van der Waals surface area contributed by atoms with Crippen molar-refractivity contribution >= 4 is 11.8 Å². The van der Waals surface area contributed by atoms with E-state index in [1.54, 1.807) is 0 Å². The zero-order valence-corrected chi connectivity index (χ0v) is 18.0. The van der Waals surface area contributed by atoms with E-state index in [0.717, 1.165) is 0 Å². The van der Waals surface area contributed by atoms with Crippen molar-refractivity contribution in [1.82, 2.24) is 4.90 Å². The summed E-state index contributed by atoms with van der Waals surface area (Å²) >= 11 is 2.09. The van der Waals surface area contributed by atoms with Gasteiger partial charge in [0.05, 0.1) is 5.37 Å². The molecule has 0 saturated carbocycles. The van der Waals surface area contributed by atoms with Gasteiger partial charge in [0.1, 0.15) is 0 Å². The van der Waals surface area contributed by atoms with E-state index in [0.29, 0.717) is 5.37 Å². The van der Waals surface area contributed by atoms with Gasteiger partial charge in [-0.2, -0.15) is 0 Å². The Morgan fingerprint density at radius 2 is 1.17 bits per heavy atom. The van der Waals surface area contributed by atoms with Crippen LogP contribution in [0.15, 0.2) is 12.2 Å². The highest BCUT2D eigenvalue weighted by atomic mass is 32.2. The second-order valence-corrected chi connectivity index (χ2v) is 8.80. The molecule has 0 aromatic heterocycles. The summed E-state index contributed by atoms with van der Waals surface area (Å²) in [4.78, 5) is 2.30. The average Bonchev–Trinajstić information content (AvgIpc) is 2.57. The van der Waals surface area contributed by atoms with Crippen LogP contribution in [0.4, 0.5) is 0 Å². The molecule has 1 unspecified atom stereocenters. The maximum Gasteiger partial charge on any atom is 0.0523 e. The number of hydrogen-bond donors (Lipinski definition) is 0. The van der Waals surface area contributed by atoms with Crippen molar-refractivity contribution < 1.29 is 0 Å². The number of nitrogens with zero attached hydrogens (tertiary/aromatic N) is 1. The van der Waals surface area contributed by atoms with Gasteiger partial charge < -0.3 is 0 Å². The number of allylic oxidation sites excluding steroid dienone is 2. The first kappa shape index (κ1) is 24.1. The largest absolute Gasteiger partial charge is 0.298 e. The minimum absolute atomic E-state index is 0.660. The van der Waals surface area contributed by atoms with Crippen molar-refractivity contribution in [1.29, 1.82) is 0 Å². The fourth-order valence-electron chi connectivity index (χ4n) is 2.75. The third-order valence-corrected chi connectivity index (χ3v) is 6.17. The molecule has 24 heavy (non-hydrogen) atoms. The smallest absolute Gasteiger partial charge is 0.0523 e. The molecule has 144 valence electrons. The van der Waals surface area contributed by atoms with E-state index in [1.165, 1.54) is 95.6 Å². The minimum Gasteiger partial charge on any atom is -0.298 e. The van der Waals surface area contributed by atoms with Gasteiger partial charge in [0.25, 0.3) is 0 Å². The summed E-state index contributed by atoms with van der Waals surface area (Å²) in [7, 11) is 4.33. The highest BCUT2D eigenvalue weighted by Gasteiger charge is 2.03. The Morgan fingerprint density at radius 3 is 1.67 bits per heavy atom. The fourth-order valence-corrected chi connectivity index (χ4v) is 3.76. The second-order valence-electron chi connectivity index (χ2n) is 7.37. The Bertz CT molecular complexity index is 263. The number of thioether (sulfide) groups is 1. The zero-order valence-electron chi connectivity index (χ0n) is 17.2. The van der Waals surface area contributed by atoms with E-state index in [-0.39, 0.29) is 0 Å². The van der Waals surface area contributed by atoms with Crippen LogP contribution in [0.1, 0.15) is 104 Å². The van der Waals surface area contributed by atoms with Crippen molar-refractivity contribution in [3.63, 3.8) is 0 Å². The molecule has 0 aliphatic carbocycles. The standard InChI is InChI=1S/C22H45NS/c1-5-6-7-8-9-10-11-12-13-14-15-16-17-18-19-20-21-24-22(2)23(3)4/h12-13,22H,5-11,14-21H2,1-4H3. The molecule has 1 nitrogen and oxygen atoms in total. The first-order valence-electron chi connectivity index (χ1n) is 10.6. The van der Waals surface area contributed by atoms with E-state index in [4.69, 9.17) is 0 Å². The summed E-state index contributed by atoms with van der Waals surface area (Å²) in [5.41, 5.74) is 0. The third kappa shape index (κ3) is 18.4. The average molecular weight is 356 g/mol. The van der Waals surface area contributed by atoms with E-state index in [1.807, 2.05) is 0 Å². The zero-order chi connectivity index (χ0) is 17.9. The molecular weight excluding hydrogens is 310 g/mol. The summed E-state index contributed by atoms with van der Waals surface area (Å²) in [6.45, 7) is 4.58. The lowest BCUT2D eigenvalue weighted by molar-refractivity contribution is 0.402. The quantitative estimate of drug-likeness (QED) is 0.141. The van der Waals surface area contributed by atoms with Gasteiger partial charge in [-0.25, -0.2) is 0 Å². The van der Waals surface area contributed by atoms with Crippen LogP contribution in [0, 0.1) is 0 Å². The summed E-state index contributed by atoms with van der Waals surface area (Å²) in [6.07, 6.45) is 24.4. The molecule has 2 heteroatoms. The van der Waals surface area contributed by atoms with Gasteiger partial charge in [-0.1, -0.05) is 76.9 Å². The number of unbranched alkanes of at least 4 members (excludes halogenated alkanes) is 12. The van der Waals surface area contributed by atoms with Crippen LogP contribution in [0.2, 0.25) is 0 Å². The molecule has 0 aliphatic heterocycles. The van der Waals surface area contributed by atoms with Gasteiger partial charge in [0.15, 0.2) is 0 Å².